The van der Waals surface area contributed by atoms with Crippen molar-refractivity contribution in [3.63, 3.8) is 0 Å². The van der Waals surface area contributed by atoms with E-state index in [1.807, 2.05) is 18.5 Å². The molecular formula is C14H23BrN4O2. The van der Waals surface area contributed by atoms with Gasteiger partial charge in [0.2, 0.25) is 0 Å². The summed E-state index contributed by atoms with van der Waals surface area (Å²) in [6.45, 7) is 11.3. The van der Waals surface area contributed by atoms with E-state index in [0.29, 0.717) is 6.61 Å². The van der Waals surface area contributed by atoms with Crippen molar-refractivity contribution >= 4 is 22.0 Å². The monoisotopic (exact) mass is 358 g/mol. The Labute approximate surface area is 134 Å². The second-order valence-electron chi connectivity index (χ2n) is 5.12. The lowest BCUT2D eigenvalue weighted by atomic mass is 10.3. The van der Waals surface area contributed by atoms with Crippen LogP contribution in [-0.2, 0) is 17.8 Å². The number of aryl methyl sites for hydroxylation is 2. The first kappa shape index (κ1) is 16.3. The fourth-order valence-electron chi connectivity index (χ4n) is 2.54. The lowest BCUT2D eigenvalue weighted by Crippen LogP contribution is -2.48. The lowest BCUT2D eigenvalue weighted by Gasteiger charge is -2.34. The summed E-state index contributed by atoms with van der Waals surface area (Å²) in [4.78, 5) is 15.8. The normalized spacial score (nSPS) is 16.3. The zero-order valence-electron chi connectivity index (χ0n) is 12.9. The predicted molar refractivity (Wildman–Crippen MR) is 84.2 cm³/mol. The van der Waals surface area contributed by atoms with Gasteiger partial charge in [-0.3, -0.25) is 9.58 Å². The Bertz CT molecular complexity index is 495. The average molecular weight is 359 g/mol. The smallest absolute Gasteiger partial charge is 0.409 e. The highest BCUT2D eigenvalue weighted by Gasteiger charge is 2.23. The first-order chi connectivity index (χ1) is 10.1. The van der Waals surface area contributed by atoms with Gasteiger partial charge in [0.25, 0.3) is 0 Å². The molecule has 7 heteroatoms. The predicted octanol–water partition coefficient (Wildman–Crippen LogP) is 2.25. The third-order valence-corrected chi connectivity index (χ3v) is 4.76. The highest BCUT2D eigenvalue weighted by atomic mass is 79.9. The molecule has 1 aliphatic rings. The van der Waals surface area contributed by atoms with Crippen LogP contribution in [0.25, 0.3) is 0 Å². The van der Waals surface area contributed by atoms with Gasteiger partial charge >= 0.3 is 6.09 Å². The number of hydrogen-bond acceptors (Lipinski definition) is 4. The van der Waals surface area contributed by atoms with Crippen LogP contribution in [0.2, 0.25) is 0 Å². The van der Waals surface area contributed by atoms with Crippen molar-refractivity contribution in [1.82, 2.24) is 19.6 Å². The SMILES string of the molecule is CCOC(=O)N1CCN(Cc2c(Br)c(C)nn2CC)CC1. The van der Waals surface area contributed by atoms with E-state index in [9.17, 15) is 4.79 Å². The third-order valence-electron chi connectivity index (χ3n) is 3.72. The highest BCUT2D eigenvalue weighted by molar-refractivity contribution is 9.10. The van der Waals surface area contributed by atoms with Gasteiger partial charge in [0.15, 0.2) is 0 Å². The minimum atomic E-state index is -0.201. The molecule has 0 atom stereocenters. The molecule has 0 saturated carbocycles. The molecule has 1 aromatic rings. The van der Waals surface area contributed by atoms with Crippen molar-refractivity contribution in [1.29, 1.82) is 0 Å². The van der Waals surface area contributed by atoms with Crippen molar-refractivity contribution < 1.29 is 9.53 Å². The summed E-state index contributed by atoms with van der Waals surface area (Å²) in [5.41, 5.74) is 2.23. The van der Waals surface area contributed by atoms with Crippen LogP contribution in [0.5, 0.6) is 0 Å². The Morgan fingerprint density at radius 3 is 2.52 bits per heavy atom. The van der Waals surface area contributed by atoms with Crippen molar-refractivity contribution in [2.45, 2.75) is 33.9 Å². The molecule has 0 radical (unpaired) electrons. The number of hydrogen-bond donors (Lipinski definition) is 0. The second-order valence-corrected chi connectivity index (χ2v) is 5.92. The van der Waals surface area contributed by atoms with Gasteiger partial charge in [0.1, 0.15) is 0 Å². The Morgan fingerprint density at radius 1 is 1.29 bits per heavy atom. The van der Waals surface area contributed by atoms with E-state index in [1.165, 1.54) is 5.69 Å². The number of carbonyl (C=O) groups is 1. The second kappa shape index (κ2) is 7.26. The van der Waals surface area contributed by atoms with Gasteiger partial charge in [-0.2, -0.15) is 5.10 Å². The molecule has 0 spiro atoms. The van der Waals surface area contributed by atoms with Gasteiger partial charge in [-0.15, -0.1) is 0 Å². The first-order valence-corrected chi connectivity index (χ1v) is 8.21. The largest absolute Gasteiger partial charge is 0.450 e. The summed E-state index contributed by atoms with van der Waals surface area (Å²) in [5.74, 6) is 0. The molecule has 1 amide bonds. The highest BCUT2D eigenvalue weighted by Crippen LogP contribution is 2.23. The fraction of sp³-hybridized carbons (Fsp3) is 0.714. The third kappa shape index (κ3) is 3.77. The number of amides is 1. The molecule has 1 aromatic heterocycles. The van der Waals surface area contributed by atoms with Crippen LogP contribution < -0.4 is 0 Å². The zero-order chi connectivity index (χ0) is 15.4. The molecule has 6 nitrogen and oxygen atoms in total. The number of nitrogens with zero attached hydrogens (tertiary/aromatic N) is 4. The fourth-order valence-corrected chi connectivity index (χ4v) is 2.94. The number of ether oxygens (including phenoxy) is 1. The van der Waals surface area contributed by atoms with E-state index >= 15 is 0 Å². The van der Waals surface area contributed by atoms with Crippen LogP contribution in [0.4, 0.5) is 4.79 Å². The standard InChI is InChI=1S/C14H23BrN4O2/c1-4-19-12(13(15)11(3)16-19)10-17-6-8-18(9-7-17)14(20)21-5-2/h4-10H2,1-3H3. The molecule has 0 unspecified atom stereocenters. The summed E-state index contributed by atoms with van der Waals surface area (Å²) >= 11 is 3.63. The number of aromatic nitrogens is 2. The maximum Gasteiger partial charge on any atom is 0.409 e. The van der Waals surface area contributed by atoms with E-state index in [2.05, 4.69) is 32.9 Å². The van der Waals surface area contributed by atoms with Crippen molar-refractivity contribution in [3.05, 3.63) is 15.9 Å². The van der Waals surface area contributed by atoms with Gasteiger partial charge in [0, 0.05) is 39.3 Å². The number of halogens is 1. The Balaban J connectivity index is 1.93. The zero-order valence-corrected chi connectivity index (χ0v) is 14.5. The molecule has 0 aromatic carbocycles. The van der Waals surface area contributed by atoms with E-state index in [4.69, 9.17) is 4.74 Å². The molecule has 0 N–H and O–H groups in total. The Hall–Kier alpha value is -1.08. The quantitative estimate of drug-likeness (QED) is 0.828. The molecule has 2 rings (SSSR count). The summed E-state index contributed by atoms with van der Waals surface area (Å²) < 4.78 is 8.17. The van der Waals surface area contributed by atoms with Gasteiger partial charge in [0.05, 0.1) is 22.5 Å². The summed E-state index contributed by atoms with van der Waals surface area (Å²) in [7, 11) is 0. The van der Waals surface area contributed by atoms with Gasteiger partial charge < -0.3 is 9.64 Å². The van der Waals surface area contributed by atoms with Gasteiger partial charge in [-0.25, -0.2) is 4.79 Å². The van der Waals surface area contributed by atoms with E-state index in [0.717, 1.165) is 49.4 Å². The summed E-state index contributed by atoms with van der Waals surface area (Å²) in [5, 5.41) is 4.52. The molecule has 1 saturated heterocycles. The topological polar surface area (TPSA) is 50.6 Å². The molecule has 0 bridgehead atoms. The molecule has 118 valence electrons. The lowest BCUT2D eigenvalue weighted by molar-refractivity contribution is 0.0771. The molecule has 2 heterocycles. The van der Waals surface area contributed by atoms with Crippen molar-refractivity contribution in [3.8, 4) is 0 Å². The number of rotatable bonds is 4. The van der Waals surface area contributed by atoms with Crippen LogP contribution in [0.1, 0.15) is 25.2 Å². The van der Waals surface area contributed by atoms with Crippen LogP contribution in [-0.4, -0.2) is 58.5 Å². The van der Waals surface area contributed by atoms with Crippen LogP contribution >= 0.6 is 15.9 Å². The van der Waals surface area contributed by atoms with Crippen molar-refractivity contribution in [2.75, 3.05) is 32.8 Å². The molecular weight excluding hydrogens is 336 g/mol. The molecule has 1 fully saturated rings. The number of carbonyl (C=O) groups excluding carboxylic acids is 1. The van der Waals surface area contributed by atoms with Crippen molar-refractivity contribution in [2.24, 2.45) is 0 Å². The summed E-state index contributed by atoms with van der Waals surface area (Å²) in [6, 6.07) is 0. The minimum Gasteiger partial charge on any atom is -0.450 e. The summed E-state index contributed by atoms with van der Waals surface area (Å²) in [6.07, 6.45) is -0.201. The maximum absolute atomic E-state index is 11.7. The molecule has 0 aliphatic carbocycles. The Morgan fingerprint density at radius 2 is 1.95 bits per heavy atom. The molecule has 1 aliphatic heterocycles. The maximum atomic E-state index is 11.7. The van der Waals surface area contributed by atoms with Crippen LogP contribution in [0.15, 0.2) is 4.47 Å². The minimum absolute atomic E-state index is 0.201. The van der Waals surface area contributed by atoms with Gasteiger partial charge in [-0.1, -0.05) is 0 Å². The average Bonchev–Trinajstić information content (AvgIpc) is 2.76. The van der Waals surface area contributed by atoms with E-state index in [1.54, 1.807) is 4.90 Å². The van der Waals surface area contributed by atoms with Crippen LogP contribution in [0.3, 0.4) is 0 Å². The van der Waals surface area contributed by atoms with Gasteiger partial charge in [-0.05, 0) is 36.7 Å². The van der Waals surface area contributed by atoms with Crippen LogP contribution in [0, 0.1) is 6.92 Å². The van der Waals surface area contributed by atoms with E-state index < -0.39 is 0 Å². The molecule has 21 heavy (non-hydrogen) atoms. The number of piperazine rings is 1. The van der Waals surface area contributed by atoms with E-state index in [-0.39, 0.29) is 6.09 Å². The first-order valence-electron chi connectivity index (χ1n) is 7.42. The Kier molecular flexibility index (Phi) is 5.64.